The Labute approximate surface area is 176 Å². The monoisotopic (exact) mass is 440 g/mol. The van der Waals surface area contributed by atoms with Crippen LogP contribution in [0.5, 0.6) is 11.5 Å². The lowest BCUT2D eigenvalue weighted by Crippen LogP contribution is -2.48. The van der Waals surface area contributed by atoms with Crippen LogP contribution in [-0.2, 0) is 14.8 Å². The first-order chi connectivity index (χ1) is 13.6. The molecule has 158 valence electrons. The maximum atomic E-state index is 12.6. The van der Waals surface area contributed by atoms with E-state index in [1.165, 1.54) is 13.0 Å². The van der Waals surface area contributed by atoms with E-state index in [1.54, 1.807) is 50.4 Å². The van der Waals surface area contributed by atoms with Gasteiger partial charge in [-0.3, -0.25) is 9.10 Å². The van der Waals surface area contributed by atoms with Gasteiger partial charge in [-0.2, -0.15) is 0 Å². The highest BCUT2D eigenvalue weighted by molar-refractivity contribution is 7.92. The Morgan fingerprint density at radius 3 is 2.38 bits per heavy atom. The maximum Gasteiger partial charge on any atom is 0.243 e. The number of ether oxygens (including phenoxy) is 2. The van der Waals surface area contributed by atoms with Crippen LogP contribution in [0.15, 0.2) is 42.5 Å². The zero-order valence-electron chi connectivity index (χ0n) is 16.8. The van der Waals surface area contributed by atoms with Crippen molar-refractivity contribution in [2.24, 2.45) is 0 Å². The van der Waals surface area contributed by atoms with Gasteiger partial charge >= 0.3 is 0 Å². The fourth-order valence-electron chi connectivity index (χ4n) is 2.76. The second-order valence-electron chi connectivity index (χ2n) is 6.48. The highest BCUT2D eigenvalue weighted by atomic mass is 35.5. The quantitative estimate of drug-likeness (QED) is 0.606. The van der Waals surface area contributed by atoms with Crippen molar-refractivity contribution in [3.8, 4) is 11.5 Å². The molecule has 0 saturated carbocycles. The van der Waals surface area contributed by atoms with E-state index in [4.69, 9.17) is 21.1 Å². The molecule has 0 aromatic heterocycles. The van der Waals surface area contributed by atoms with Crippen molar-refractivity contribution < 1.29 is 22.7 Å². The highest BCUT2D eigenvalue weighted by Crippen LogP contribution is 2.28. The summed E-state index contributed by atoms with van der Waals surface area (Å²) in [5.41, 5.74) is 1.07. The number of carbonyl (C=O) groups excluding carboxylic acids is 1. The van der Waals surface area contributed by atoms with Crippen molar-refractivity contribution in [3.05, 3.63) is 53.1 Å². The van der Waals surface area contributed by atoms with Gasteiger partial charge in [-0.05, 0) is 55.8 Å². The van der Waals surface area contributed by atoms with Crippen molar-refractivity contribution >= 4 is 33.2 Å². The number of benzene rings is 2. The summed E-state index contributed by atoms with van der Waals surface area (Å²) in [6.07, 6.45) is 1.06. The normalized spacial score (nSPS) is 12.2. The second kappa shape index (κ2) is 9.84. The Bertz CT molecular complexity index is 948. The molecule has 1 atom stereocenters. The third-order valence-corrected chi connectivity index (χ3v) is 5.69. The Morgan fingerprint density at radius 1 is 1.17 bits per heavy atom. The molecule has 7 nitrogen and oxygen atoms in total. The summed E-state index contributed by atoms with van der Waals surface area (Å²) in [6, 6.07) is 11.0. The first-order valence-corrected chi connectivity index (χ1v) is 11.2. The SMILES string of the molecule is COc1ccc(OCCNC(=O)[C@H](C)N(c2cc(Cl)ccc2C)S(C)(=O)=O)cc1. The van der Waals surface area contributed by atoms with E-state index in [1.807, 2.05) is 0 Å². The highest BCUT2D eigenvalue weighted by Gasteiger charge is 2.30. The number of hydrogen-bond donors (Lipinski definition) is 1. The molecule has 0 aliphatic rings. The van der Waals surface area contributed by atoms with Crippen LogP contribution >= 0.6 is 11.6 Å². The summed E-state index contributed by atoms with van der Waals surface area (Å²) in [5.74, 6) is 0.921. The van der Waals surface area contributed by atoms with Crippen LogP contribution in [0, 0.1) is 6.92 Å². The number of methoxy groups -OCH3 is 1. The molecule has 0 heterocycles. The summed E-state index contributed by atoms with van der Waals surface area (Å²) in [7, 11) is -2.13. The molecule has 0 fully saturated rings. The summed E-state index contributed by atoms with van der Waals surface area (Å²) in [4.78, 5) is 12.6. The fourth-order valence-corrected chi connectivity index (χ4v) is 4.15. The van der Waals surface area contributed by atoms with Gasteiger partial charge in [-0.15, -0.1) is 0 Å². The van der Waals surface area contributed by atoms with Gasteiger partial charge in [-0.1, -0.05) is 17.7 Å². The van der Waals surface area contributed by atoms with E-state index in [2.05, 4.69) is 5.32 Å². The molecular formula is C20H25ClN2O5S. The van der Waals surface area contributed by atoms with E-state index in [0.29, 0.717) is 22.0 Å². The van der Waals surface area contributed by atoms with Gasteiger partial charge in [0.25, 0.3) is 0 Å². The van der Waals surface area contributed by atoms with E-state index in [9.17, 15) is 13.2 Å². The minimum atomic E-state index is -3.71. The van der Waals surface area contributed by atoms with Crippen LogP contribution in [-0.4, -0.2) is 46.9 Å². The largest absolute Gasteiger partial charge is 0.497 e. The van der Waals surface area contributed by atoms with E-state index in [0.717, 1.165) is 16.3 Å². The third-order valence-electron chi connectivity index (χ3n) is 4.23. The molecule has 2 aromatic carbocycles. The van der Waals surface area contributed by atoms with Crippen LogP contribution in [0.4, 0.5) is 5.69 Å². The van der Waals surface area contributed by atoms with Gasteiger partial charge in [-0.25, -0.2) is 8.42 Å². The predicted molar refractivity (Wildman–Crippen MR) is 114 cm³/mol. The van der Waals surface area contributed by atoms with Gasteiger partial charge in [0.2, 0.25) is 15.9 Å². The average Bonchev–Trinajstić information content (AvgIpc) is 2.67. The molecule has 0 spiro atoms. The van der Waals surface area contributed by atoms with E-state index in [-0.39, 0.29) is 13.2 Å². The molecule has 0 bridgehead atoms. The van der Waals surface area contributed by atoms with Gasteiger partial charge in [0, 0.05) is 5.02 Å². The molecule has 0 unspecified atom stereocenters. The molecule has 0 saturated heterocycles. The molecule has 2 aromatic rings. The molecule has 29 heavy (non-hydrogen) atoms. The summed E-state index contributed by atoms with van der Waals surface area (Å²) in [6.45, 7) is 3.75. The number of hydrogen-bond acceptors (Lipinski definition) is 5. The summed E-state index contributed by atoms with van der Waals surface area (Å²) < 4.78 is 36.5. The van der Waals surface area contributed by atoms with E-state index >= 15 is 0 Å². The average molecular weight is 441 g/mol. The number of nitrogens with one attached hydrogen (secondary N) is 1. The smallest absolute Gasteiger partial charge is 0.243 e. The minimum absolute atomic E-state index is 0.224. The Hall–Kier alpha value is -2.45. The maximum absolute atomic E-state index is 12.6. The summed E-state index contributed by atoms with van der Waals surface area (Å²) >= 11 is 6.03. The number of anilines is 1. The second-order valence-corrected chi connectivity index (χ2v) is 8.78. The van der Waals surface area contributed by atoms with Crippen LogP contribution in [0.3, 0.4) is 0 Å². The molecule has 9 heteroatoms. The number of aryl methyl sites for hydroxylation is 1. The van der Waals surface area contributed by atoms with Gasteiger partial charge in [0.05, 0.1) is 25.6 Å². The van der Waals surface area contributed by atoms with E-state index < -0.39 is 22.0 Å². The van der Waals surface area contributed by atoms with Gasteiger partial charge in [0.1, 0.15) is 24.1 Å². The topological polar surface area (TPSA) is 84.9 Å². The Balaban J connectivity index is 2.01. The van der Waals surface area contributed by atoms with Crippen LogP contribution in [0.1, 0.15) is 12.5 Å². The van der Waals surface area contributed by atoms with Gasteiger partial charge in [0.15, 0.2) is 0 Å². The Kier molecular flexibility index (Phi) is 7.75. The Morgan fingerprint density at radius 2 is 1.79 bits per heavy atom. The number of amides is 1. The molecule has 0 radical (unpaired) electrons. The number of rotatable bonds is 9. The van der Waals surface area contributed by atoms with Crippen molar-refractivity contribution in [2.75, 3.05) is 30.8 Å². The number of halogens is 1. The molecule has 2 rings (SSSR count). The van der Waals surface area contributed by atoms with Gasteiger partial charge < -0.3 is 14.8 Å². The molecule has 0 aliphatic heterocycles. The first kappa shape index (κ1) is 22.8. The number of carbonyl (C=O) groups is 1. The number of nitrogens with zero attached hydrogens (tertiary/aromatic N) is 1. The molecular weight excluding hydrogens is 416 g/mol. The summed E-state index contributed by atoms with van der Waals surface area (Å²) in [5, 5.41) is 3.09. The zero-order chi connectivity index (χ0) is 21.6. The lowest BCUT2D eigenvalue weighted by molar-refractivity contribution is -0.121. The minimum Gasteiger partial charge on any atom is -0.497 e. The van der Waals surface area contributed by atoms with Crippen molar-refractivity contribution in [1.82, 2.24) is 5.32 Å². The lowest BCUT2D eigenvalue weighted by Gasteiger charge is -2.29. The fraction of sp³-hybridized carbons (Fsp3) is 0.350. The van der Waals surface area contributed by atoms with Crippen molar-refractivity contribution in [1.29, 1.82) is 0 Å². The van der Waals surface area contributed by atoms with Crippen molar-refractivity contribution in [3.63, 3.8) is 0 Å². The van der Waals surface area contributed by atoms with Crippen LogP contribution in [0.25, 0.3) is 0 Å². The lowest BCUT2D eigenvalue weighted by atomic mass is 10.2. The van der Waals surface area contributed by atoms with Crippen LogP contribution < -0.4 is 19.1 Å². The van der Waals surface area contributed by atoms with Crippen molar-refractivity contribution in [2.45, 2.75) is 19.9 Å². The number of sulfonamides is 1. The first-order valence-electron chi connectivity index (χ1n) is 8.93. The van der Waals surface area contributed by atoms with Crippen LogP contribution in [0.2, 0.25) is 5.02 Å². The predicted octanol–water partition coefficient (Wildman–Crippen LogP) is 3.01. The zero-order valence-corrected chi connectivity index (χ0v) is 18.4. The molecule has 1 amide bonds. The third kappa shape index (κ3) is 6.27. The standard InChI is InChI=1S/C20H25ClN2O5S/c1-14-5-6-16(21)13-19(14)23(29(4,25)26)15(2)20(24)22-11-12-28-18-9-7-17(27-3)8-10-18/h5-10,13,15H,11-12H2,1-4H3,(H,22,24)/t15-/m0/s1. The molecule has 1 N–H and O–H groups in total. The molecule has 0 aliphatic carbocycles.